The number of halogens is 1. The van der Waals surface area contributed by atoms with Crippen molar-refractivity contribution in [1.29, 1.82) is 0 Å². The van der Waals surface area contributed by atoms with E-state index in [1.807, 2.05) is 27.7 Å². The Bertz CT molecular complexity index is 590. The smallest absolute Gasteiger partial charge is 0.254 e. The fourth-order valence-electron chi connectivity index (χ4n) is 2.12. The van der Waals surface area contributed by atoms with Gasteiger partial charge in [0.25, 0.3) is 5.91 Å². The molecule has 0 atom stereocenters. The summed E-state index contributed by atoms with van der Waals surface area (Å²) in [5, 5.41) is 0.292. The minimum absolute atomic E-state index is 0.161. The van der Waals surface area contributed by atoms with Crippen LogP contribution in [0.4, 0.5) is 0 Å². The number of amides is 2. The van der Waals surface area contributed by atoms with Crippen LogP contribution in [0.1, 0.15) is 44.5 Å². The number of benzene rings is 1. The van der Waals surface area contributed by atoms with E-state index in [1.54, 1.807) is 6.07 Å². The zero-order valence-electron chi connectivity index (χ0n) is 14.6. The first-order chi connectivity index (χ1) is 11.3. The van der Waals surface area contributed by atoms with E-state index in [0.717, 1.165) is 6.42 Å². The topological polar surface area (TPSA) is 81.9 Å². The van der Waals surface area contributed by atoms with Crippen LogP contribution < -0.4 is 15.2 Å². The maximum atomic E-state index is 12.7. The number of carbonyl (C=O) groups excluding carboxylic acids is 2. The van der Waals surface area contributed by atoms with Gasteiger partial charge in [0.2, 0.25) is 5.91 Å². The molecule has 0 heterocycles. The van der Waals surface area contributed by atoms with Crippen molar-refractivity contribution in [3.05, 3.63) is 22.7 Å². The summed E-state index contributed by atoms with van der Waals surface area (Å²) in [5.74, 6) is -0.0859. The van der Waals surface area contributed by atoms with Gasteiger partial charge in [-0.15, -0.1) is 0 Å². The summed E-state index contributed by atoms with van der Waals surface area (Å²) in [6.45, 7) is 8.18. The van der Waals surface area contributed by atoms with Crippen molar-refractivity contribution in [2.75, 3.05) is 19.8 Å². The van der Waals surface area contributed by atoms with Crippen molar-refractivity contribution in [3.8, 4) is 11.5 Å². The van der Waals surface area contributed by atoms with Crippen LogP contribution in [-0.4, -0.2) is 42.5 Å². The first-order valence-electron chi connectivity index (χ1n) is 8.00. The molecule has 7 heteroatoms. The highest BCUT2D eigenvalue weighted by atomic mass is 35.5. The third-order valence-corrected chi connectivity index (χ3v) is 3.50. The molecule has 0 saturated heterocycles. The number of rotatable bonds is 9. The van der Waals surface area contributed by atoms with Crippen LogP contribution in [0.5, 0.6) is 11.5 Å². The summed E-state index contributed by atoms with van der Waals surface area (Å²) in [6.07, 6.45) is 0.822. The molecule has 2 N–H and O–H groups in total. The molecule has 0 aliphatic carbocycles. The van der Waals surface area contributed by atoms with Crippen LogP contribution in [-0.2, 0) is 4.79 Å². The summed E-state index contributed by atoms with van der Waals surface area (Å²) in [4.78, 5) is 25.3. The average Bonchev–Trinajstić information content (AvgIpc) is 2.50. The Morgan fingerprint density at radius 3 is 2.42 bits per heavy atom. The fraction of sp³-hybridized carbons (Fsp3) is 0.529. The predicted octanol–water partition coefficient (Wildman–Crippen LogP) is 2.86. The van der Waals surface area contributed by atoms with Gasteiger partial charge in [0, 0.05) is 11.6 Å². The molecule has 0 bridgehead atoms. The molecular formula is C17H25ClN2O4. The number of hydrogen-bond acceptors (Lipinski definition) is 4. The van der Waals surface area contributed by atoms with Crippen LogP contribution in [0.3, 0.4) is 0 Å². The summed E-state index contributed by atoms with van der Waals surface area (Å²) in [5.41, 5.74) is 5.55. The van der Waals surface area contributed by atoms with Crippen molar-refractivity contribution in [1.82, 2.24) is 4.90 Å². The molecule has 2 amide bonds. The van der Waals surface area contributed by atoms with Gasteiger partial charge in [0.05, 0.1) is 24.8 Å². The Labute approximate surface area is 147 Å². The third-order valence-electron chi connectivity index (χ3n) is 3.22. The van der Waals surface area contributed by atoms with Gasteiger partial charge in [-0.1, -0.05) is 18.5 Å². The number of nitrogens with zero attached hydrogens (tertiary/aromatic N) is 1. The third kappa shape index (κ3) is 5.30. The van der Waals surface area contributed by atoms with E-state index >= 15 is 0 Å². The lowest BCUT2D eigenvalue weighted by atomic mass is 10.1. The Morgan fingerprint density at radius 1 is 1.25 bits per heavy atom. The van der Waals surface area contributed by atoms with E-state index in [0.29, 0.717) is 35.3 Å². The molecule has 134 valence electrons. The first-order valence-corrected chi connectivity index (χ1v) is 8.37. The van der Waals surface area contributed by atoms with Crippen LogP contribution in [0.2, 0.25) is 5.02 Å². The van der Waals surface area contributed by atoms with Gasteiger partial charge in [-0.3, -0.25) is 9.59 Å². The number of carbonyl (C=O) groups is 2. The molecule has 0 unspecified atom stereocenters. The molecule has 0 spiro atoms. The van der Waals surface area contributed by atoms with Crippen LogP contribution in [0, 0.1) is 0 Å². The SMILES string of the molecule is CCCOc1c(Cl)cc(C(=O)N(CC(N)=O)C(C)C)cc1OCC. The maximum absolute atomic E-state index is 12.7. The molecule has 0 saturated carbocycles. The minimum atomic E-state index is -0.573. The molecule has 24 heavy (non-hydrogen) atoms. The van der Waals surface area contributed by atoms with Gasteiger partial charge >= 0.3 is 0 Å². The van der Waals surface area contributed by atoms with Gasteiger partial charge in [-0.25, -0.2) is 0 Å². The monoisotopic (exact) mass is 356 g/mol. The van der Waals surface area contributed by atoms with Crippen LogP contribution in [0.15, 0.2) is 12.1 Å². The molecule has 1 aromatic rings. The van der Waals surface area contributed by atoms with Gasteiger partial charge in [-0.2, -0.15) is 0 Å². The van der Waals surface area contributed by atoms with Crippen LogP contribution >= 0.6 is 11.6 Å². The minimum Gasteiger partial charge on any atom is -0.490 e. The van der Waals surface area contributed by atoms with Gasteiger partial charge in [0.1, 0.15) is 0 Å². The van der Waals surface area contributed by atoms with Crippen molar-refractivity contribution >= 4 is 23.4 Å². The highest BCUT2D eigenvalue weighted by Crippen LogP contribution is 2.37. The predicted molar refractivity (Wildman–Crippen MR) is 93.8 cm³/mol. The lowest BCUT2D eigenvalue weighted by molar-refractivity contribution is -0.119. The zero-order valence-corrected chi connectivity index (χ0v) is 15.4. The molecule has 0 radical (unpaired) electrons. The van der Waals surface area contributed by atoms with E-state index in [9.17, 15) is 9.59 Å². The Hall–Kier alpha value is -1.95. The van der Waals surface area contributed by atoms with E-state index < -0.39 is 5.91 Å². The number of nitrogens with two attached hydrogens (primary N) is 1. The summed E-state index contributed by atoms with van der Waals surface area (Å²) in [6, 6.07) is 2.92. The fourth-order valence-corrected chi connectivity index (χ4v) is 2.39. The molecule has 0 aliphatic rings. The summed E-state index contributed by atoms with van der Waals surface area (Å²) >= 11 is 6.27. The highest BCUT2D eigenvalue weighted by Gasteiger charge is 2.23. The Morgan fingerprint density at radius 2 is 1.92 bits per heavy atom. The molecule has 0 aromatic heterocycles. The van der Waals surface area contributed by atoms with E-state index in [-0.39, 0.29) is 18.5 Å². The number of primary amides is 1. The van der Waals surface area contributed by atoms with E-state index in [1.165, 1.54) is 11.0 Å². The van der Waals surface area contributed by atoms with Crippen molar-refractivity contribution in [3.63, 3.8) is 0 Å². The van der Waals surface area contributed by atoms with Crippen molar-refractivity contribution < 1.29 is 19.1 Å². The molecule has 0 fully saturated rings. The average molecular weight is 357 g/mol. The largest absolute Gasteiger partial charge is 0.490 e. The zero-order chi connectivity index (χ0) is 18.3. The van der Waals surface area contributed by atoms with Gasteiger partial charge in [-0.05, 0) is 39.3 Å². The number of ether oxygens (including phenoxy) is 2. The molecule has 1 aromatic carbocycles. The van der Waals surface area contributed by atoms with E-state index in [2.05, 4.69) is 0 Å². The maximum Gasteiger partial charge on any atom is 0.254 e. The second-order valence-corrected chi connectivity index (χ2v) is 5.97. The van der Waals surface area contributed by atoms with Gasteiger partial charge in [0.15, 0.2) is 11.5 Å². The Kier molecular flexibility index (Phi) is 7.85. The molecular weight excluding hydrogens is 332 g/mol. The quantitative estimate of drug-likeness (QED) is 0.737. The molecule has 6 nitrogen and oxygen atoms in total. The van der Waals surface area contributed by atoms with Gasteiger partial charge < -0.3 is 20.1 Å². The standard InChI is InChI=1S/C17H25ClN2O4/c1-5-7-24-16-13(18)8-12(9-14(16)23-6-2)17(22)20(11(3)4)10-15(19)21/h8-9,11H,5-7,10H2,1-4H3,(H2,19,21). The summed E-state index contributed by atoms with van der Waals surface area (Å²) < 4.78 is 11.2. The first kappa shape index (κ1) is 20.1. The molecule has 0 aliphatic heterocycles. The number of hydrogen-bond donors (Lipinski definition) is 1. The lowest BCUT2D eigenvalue weighted by Crippen LogP contribution is -2.42. The van der Waals surface area contributed by atoms with Crippen molar-refractivity contribution in [2.24, 2.45) is 5.73 Å². The molecule has 1 rings (SSSR count). The van der Waals surface area contributed by atoms with E-state index in [4.69, 9.17) is 26.8 Å². The second kappa shape index (κ2) is 9.37. The summed E-state index contributed by atoms with van der Waals surface area (Å²) in [7, 11) is 0. The van der Waals surface area contributed by atoms with Crippen molar-refractivity contribution in [2.45, 2.75) is 40.2 Å². The normalized spacial score (nSPS) is 10.6. The van der Waals surface area contributed by atoms with Crippen LogP contribution in [0.25, 0.3) is 0 Å². The Balaban J connectivity index is 3.22. The second-order valence-electron chi connectivity index (χ2n) is 5.56. The lowest BCUT2D eigenvalue weighted by Gasteiger charge is -2.26. The highest BCUT2D eigenvalue weighted by molar-refractivity contribution is 6.32.